The van der Waals surface area contributed by atoms with Gasteiger partial charge in [0, 0.05) is 5.71 Å². The van der Waals surface area contributed by atoms with E-state index < -0.39 is 0 Å². The maximum Gasteiger partial charge on any atom is 0.00609 e. The van der Waals surface area contributed by atoms with E-state index >= 15 is 0 Å². The Labute approximate surface area is 96.2 Å². The van der Waals surface area contributed by atoms with E-state index in [9.17, 15) is 0 Å². The number of hydrogen-bond acceptors (Lipinski definition) is 1. The van der Waals surface area contributed by atoms with Crippen molar-refractivity contribution in [1.29, 1.82) is 5.41 Å². The van der Waals surface area contributed by atoms with Gasteiger partial charge in [0.25, 0.3) is 0 Å². The molecule has 0 bridgehead atoms. The maximum atomic E-state index is 7.60. The van der Waals surface area contributed by atoms with E-state index in [1.165, 1.54) is 25.7 Å². The fraction of sp³-hybridized carbons (Fsp3) is 0.929. The van der Waals surface area contributed by atoms with Gasteiger partial charge in [-0.2, -0.15) is 0 Å². The van der Waals surface area contributed by atoms with Gasteiger partial charge in [0.05, 0.1) is 0 Å². The van der Waals surface area contributed by atoms with Crippen molar-refractivity contribution >= 4 is 5.71 Å². The van der Waals surface area contributed by atoms with Gasteiger partial charge in [-0.1, -0.05) is 40.5 Å². The first-order chi connectivity index (χ1) is 6.95. The summed E-state index contributed by atoms with van der Waals surface area (Å²) in [6, 6.07) is 0. The van der Waals surface area contributed by atoms with Crippen molar-refractivity contribution in [1.82, 2.24) is 0 Å². The Balaban J connectivity index is 3.94. The lowest BCUT2D eigenvalue weighted by Gasteiger charge is -2.20. The molecule has 1 heteroatoms. The molecule has 0 radical (unpaired) electrons. The van der Waals surface area contributed by atoms with Gasteiger partial charge in [0.1, 0.15) is 0 Å². The topological polar surface area (TPSA) is 23.9 Å². The van der Waals surface area contributed by atoms with E-state index in [2.05, 4.69) is 27.7 Å². The van der Waals surface area contributed by atoms with Gasteiger partial charge in [0.2, 0.25) is 0 Å². The third kappa shape index (κ3) is 8.65. The van der Waals surface area contributed by atoms with E-state index in [0.717, 1.165) is 29.9 Å². The van der Waals surface area contributed by atoms with Crippen molar-refractivity contribution in [3.63, 3.8) is 0 Å². The first-order valence-corrected chi connectivity index (χ1v) is 6.49. The molecule has 0 aromatic rings. The monoisotopic (exact) mass is 211 g/mol. The zero-order valence-electron chi connectivity index (χ0n) is 11.3. The van der Waals surface area contributed by atoms with Gasteiger partial charge in [0.15, 0.2) is 0 Å². The standard InChI is InChI=1S/C14H29N/c1-6-12(4)7-8-14(9-11(2)3)10-13(5)15/h11-12,14-15H,6-10H2,1-5H3. The largest absolute Gasteiger partial charge is 0.310 e. The molecule has 0 aliphatic rings. The van der Waals surface area contributed by atoms with E-state index in [1.807, 2.05) is 6.92 Å². The second-order valence-electron chi connectivity index (χ2n) is 5.57. The molecule has 0 amide bonds. The second-order valence-corrected chi connectivity index (χ2v) is 5.57. The molecule has 0 spiro atoms. The molecule has 1 nitrogen and oxygen atoms in total. The van der Waals surface area contributed by atoms with Crippen molar-refractivity contribution in [2.75, 3.05) is 0 Å². The highest BCUT2D eigenvalue weighted by Gasteiger charge is 2.13. The molecule has 2 atom stereocenters. The van der Waals surface area contributed by atoms with Crippen LogP contribution in [0.3, 0.4) is 0 Å². The zero-order chi connectivity index (χ0) is 11.8. The van der Waals surface area contributed by atoms with Gasteiger partial charge < -0.3 is 5.41 Å². The first kappa shape index (κ1) is 14.7. The van der Waals surface area contributed by atoms with E-state index in [4.69, 9.17) is 5.41 Å². The second kappa shape index (κ2) is 7.90. The Morgan fingerprint density at radius 2 is 1.73 bits per heavy atom. The van der Waals surface area contributed by atoms with Crippen molar-refractivity contribution in [2.45, 2.75) is 66.7 Å². The van der Waals surface area contributed by atoms with Crippen molar-refractivity contribution in [3.8, 4) is 0 Å². The summed E-state index contributed by atoms with van der Waals surface area (Å²) in [5.74, 6) is 2.37. The highest BCUT2D eigenvalue weighted by Crippen LogP contribution is 2.24. The van der Waals surface area contributed by atoms with Crippen molar-refractivity contribution < 1.29 is 0 Å². The Kier molecular flexibility index (Phi) is 7.72. The molecule has 0 fully saturated rings. The number of rotatable bonds is 8. The normalized spacial score (nSPS) is 15.3. The van der Waals surface area contributed by atoms with E-state index in [0.29, 0.717) is 0 Å². The molecule has 0 heterocycles. The van der Waals surface area contributed by atoms with Crippen LogP contribution >= 0.6 is 0 Å². The lowest BCUT2D eigenvalue weighted by Crippen LogP contribution is -2.10. The quantitative estimate of drug-likeness (QED) is 0.552. The van der Waals surface area contributed by atoms with E-state index in [1.54, 1.807) is 0 Å². The van der Waals surface area contributed by atoms with Crippen LogP contribution in [0.2, 0.25) is 0 Å². The zero-order valence-corrected chi connectivity index (χ0v) is 11.3. The molecule has 0 aromatic heterocycles. The van der Waals surface area contributed by atoms with Gasteiger partial charge in [-0.3, -0.25) is 0 Å². The summed E-state index contributed by atoms with van der Waals surface area (Å²) in [7, 11) is 0. The molecular formula is C14H29N. The van der Waals surface area contributed by atoms with E-state index in [-0.39, 0.29) is 0 Å². The summed E-state index contributed by atoms with van der Waals surface area (Å²) in [6.45, 7) is 11.1. The van der Waals surface area contributed by atoms with Crippen LogP contribution in [0.4, 0.5) is 0 Å². The molecule has 0 aliphatic heterocycles. The molecule has 0 saturated heterocycles. The van der Waals surface area contributed by atoms with Gasteiger partial charge >= 0.3 is 0 Å². The lowest BCUT2D eigenvalue weighted by molar-refractivity contribution is 0.354. The first-order valence-electron chi connectivity index (χ1n) is 6.49. The lowest BCUT2D eigenvalue weighted by atomic mass is 9.86. The summed E-state index contributed by atoms with van der Waals surface area (Å²) in [5, 5.41) is 7.60. The smallest absolute Gasteiger partial charge is 0.00609 e. The van der Waals surface area contributed by atoms with Crippen LogP contribution in [-0.2, 0) is 0 Å². The van der Waals surface area contributed by atoms with Crippen LogP contribution < -0.4 is 0 Å². The Hall–Kier alpha value is -0.330. The fourth-order valence-electron chi connectivity index (χ4n) is 2.13. The number of nitrogens with one attached hydrogen (secondary N) is 1. The highest BCUT2D eigenvalue weighted by molar-refractivity contribution is 5.78. The third-order valence-electron chi connectivity index (χ3n) is 3.16. The minimum absolute atomic E-state index is 0.747. The fourth-order valence-corrected chi connectivity index (χ4v) is 2.13. The molecule has 1 N–H and O–H groups in total. The molecule has 0 saturated carbocycles. The summed E-state index contributed by atoms with van der Waals surface area (Å²) in [6.07, 6.45) is 6.23. The third-order valence-corrected chi connectivity index (χ3v) is 3.16. The molecule has 90 valence electrons. The average molecular weight is 211 g/mol. The minimum Gasteiger partial charge on any atom is -0.310 e. The van der Waals surface area contributed by atoms with Crippen LogP contribution in [0.15, 0.2) is 0 Å². The molecule has 15 heavy (non-hydrogen) atoms. The van der Waals surface area contributed by atoms with Gasteiger partial charge in [-0.15, -0.1) is 0 Å². The van der Waals surface area contributed by atoms with Gasteiger partial charge in [-0.05, 0) is 43.9 Å². The van der Waals surface area contributed by atoms with Crippen LogP contribution in [0.5, 0.6) is 0 Å². The highest BCUT2D eigenvalue weighted by atomic mass is 14.4. The SMILES string of the molecule is CCC(C)CCC(CC(C)=N)CC(C)C. The predicted octanol–water partition coefficient (Wildman–Crippen LogP) is 4.90. The molecular weight excluding hydrogens is 182 g/mol. The van der Waals surface area contributed by atoms with Crippen LogP contribution in [0.25, 0.3) is 0 Å². The summed E-state index contributed by atoms with van der Waals surface area (Å²) in [5.41, 5.74) is 0.852. The van der Waals surface area contributed by atoms with Crippen LogP contribution in [0.1, 0.15) is 66.7 Å². The maximum absolute atomic E-state index is 7.60. The summed E-state index contributed by atoms with van der Waals surface area (Å²) in [4.78, 5) is 0. The Morgan fingerprint density at radius 3 is 2.13 bits per heavy atom. The molecule has 0 aromatic carbocycles. The molecule has 0 aliphatic carbocycles. The van der Waals surface area contributed by atoms with Crippen LogP contribution in [0, 0.1) is 23.2 Å². The van der Waals surface area contributed by atoms with Crippen molar-refractivity contribution in [2.24, 2.45) is 17.8 Å². The Morgan fingerprint density at radius 1 is 1.13 bits per heavy atom. The summed E-state index contributed by atoms with van der Waals surface area (Å²) >= 11 is 0. The van der Waals surface area contributed by atoms with Crippen LogP contribution in [-0.4, -0.2) is 5.71 Å². The molecule has 0 rings (SSSR count). The van der Waals surface area contributed by atoms with Crippen molar-refractivity contribution in [3.05, 3.63) is 0 Å². The van der Waals surface area contributed by atoms with Gasteiger partial charge in [-0.25, -0.2) is 0 Å². The minimum atomic E-state index is 0.747. The Bertz CT molecular complexity index is 172. The molecule has 2 unspecified atom stereocenters. The average Bonchev–Trinajstić information content (AvgIpc) is 2.11. The summed E-state index contributed by atoms with van der Waals surface area (Å²) < 4.78 is 0. The predicted molar refractivity (Wildman–Crippen MR) is 69.7 cm³/mol. The number of hydrogen-bond donors (Lipinski definition) is 1.